The van der Waals surface area contributed by atoms with E-state index in [1.54, 1.807) is 0 Å². The lowest BCUT2D eigenvalue weighted by atomic mass is 9.84. The molecule has 1 unspecified atom stereocenters. The van der Waals surface area contributed by atoms with Gasteiger partial charge in [0.15, 0.2) is 0 Å². The maximum absolute atomic E-state index is 12.1. The normalized spacial score (nSPS) is 20.3. The predicted octanol–water partition coefficient (Wildman–Crippen LogP) is 3.08. The van der Waals surface area contributed by atoms with E-state index in [0.717, 1.165) is 6.42 Å². The molecule has 1 fully saturated rings. The van der Waals surface area contributed by atoms with E-state index in [9.17, 15) is 4.79 Å². The molecule has 0 radical (unpaired) electrons. The highest BCUT2D eigenvalue weighted by Gasteiger charge is 2.22. The smallest absolute Gasteiger partial charge is 0.220 e. The lowest BCUT2D eigenvalue weighted by molar-refractivity contribution is -0.123. The van der Waals surface area contributed by atoms with Crippen molar-refractivity contribution in [3.8, 4) is 0 Å². The van der Waals surface area contributed by atoms with Crippen molar-refractivity contribution >= 4 is 5.91 Å². The summed E-state index contributed by atoms with van der Waals surface area (Å²) in [4.78, 5) is 12.1. The van der Waals surface area contributed by atoms with Gasteiger partial charge in [0.2, 0.25) is 5.91 Å². The third-order valence-electron chi connectivity index (χ3n) is 4.36. The minimum absolute atomic E-state index is 0.189. The van der Waals surface area contributed by atoms with Gasteiger partial charge in [0.25, 0.3) is 0 Å². The van der Waals surface area contributed by atoms with Crippen molar-refractivity contribution in [3.05, 3.63) is 0 Å². The fourth-order valence-corrected chi connectivity index (χ4v) is 3.26. The summed E-state index contributed by atoms with van der Waals surface area (Å²) in [6.45, 7) is 7.15. The van der Waals surface area contributed by atoms with Crippen molar-refractivity contribution in [2.45, 2.75) is 71.8 Å². The molecule has 0 aromatic heterocycles. The molecule has 3 heteroatoms. The van der Waals surface area contributed by atoms with Crippen molar-refractivity contribution in [2.24, 2.45) is 23.5 Å². The highest BCUT2D eigenvalue weighted by atomic mass is 16.1. The Kier molecular flexibility index (Phi) is 7.44. The van der Waals surface area contributed by atoms with Crippen LogP contribution in [0, 0.1) is 17.8 Å². The van der Waals surface area contributed by atoms with Crippen LogP contribution in [-0.4, -0.2) is 18.5 Å². The molecule has 0 aliphatic heterocycles. The zero-order valence-electron chi connectivity index (χ0n) is 13.0. The quantitative estimate of drug-likeness (QED) is 0.745. The van der Waals surface area contributed by atoms with Gasteiger partial charge in [-0.15, -0.1) is 0 Å². The van der Waals surface area contributed by atoms with Crippen LogP contribution in [0.1, 0.15) is 65.7 Å². The Hall–Kier alpha value is -0.570. The van der Waals surface area contributed by atoms with E-state index < -0.39 is 0 Å². The molecule has 1 amide bonds. The van der Waals surface area contributed by atoms with Gasteiger partial charge in [-0.25, -0.2) is 0 Å². The average molecular weight is 268 g/mol. The molecule has 1 aliphatic carbocycles. The topological polar surface area (TPSA) is 55.1 Å². The summed E-state index contributed by atoms with van der Waals surface area (Å²) in [5.74, 6) is 1.81. The molecule has 112 valence electrons. The number of amides is 1. The SMILES string of the molecule is CC(C)CC(CN)CC(=O)N[C@H](C)C1CCCCC1. The molecular formula is C16H32N2O. The van der Waals surface area contributed by atoms with Gasteiger partial charge < -0.3 is 11.1 Å². The first-order valence-corrected chi connectivity index (χ1v) is 8.02. The van der Waals surface area contributed by atoms with Crippen LogP contribution < -0.4 is 11.1 Å². The summed E-state index contributed by atoms with van der Waals surface area (Å²) in [6.07, 6.45) is 8.18. The molecular weight excluding hydrogens is 236 g/mol. The number of rotatable bonds is 7. The number of carbonyl (C=O) groups is 1. The average Bonchev–Trinajstić information content (AvgIpc) is 2.38. The van der Waals surface area contributed by atoms with Gasteiger partial charge in [-0.05, 0) is 50.5 Å². The Bertz CT molecular complexity index is 259. The second-order valence-corrected chi connectivity index (χ2v) is 6.69. The number of nitrogens with two attached hydrogens (primary N) is 1. The lowest BCUT2D eigenvalue weighted by Crippen LogP contribution is -2.40. The molecule has 2 atom stereocenters. The molecule has 1 saturated carbocycles. The van der Waals surface area contributed by atoms with Crippen molar-refractivity contribution in [1.82, 2.24) is 5.32 Å². The Morgan fingerprint density at radius 2 is 1.84 bits per heavy atom. The molecule has 0 aromatic carbocycles. The van der Waals surface area contributed by atoms with Gasteiger partial charge in [-0.1, -0.05) is 33.1 Å². The van der Waals surface area contributed by atoms with Crippen LogP contribution in [0.5, 0.6) is 0 Å². The first-order chi connectivity index (χ1) is 9.02. The van der Waals surface area contributed by atoms with Crippen molar-refractivity contribution < 1.29 is 4.79 Å². The minimum Gasteiger partial charge on any atom is -0.353 e. The van der Waals surface area contributed by atoms with Crippen LogP contribution in [0.4, 0.5) is 0 Å². The fourth-order valence-electron chi connectivity index (χ4n) is 3.26. The number of carbonyl (C=O) groups excluding carboxylic acids is 1. The van der Waals surface area contributed by atoms with Crippen molar-refractivity contribution in [2.75, 3.05) is 6.54 Å². The lowest BCUT2D eigenvalue weighted by Gasteiger charge is -2.28. The predicted molar refractivity (Wildman–Crippen MR) is 80.8 cm³/mol. The first-order valence-electron chi connectivity index (χ1n) is 8.02. The minimum atomic E-state index is 0.189. The van der Waals surface area contributed by atoms with Gasteiger partial charge >= 0.3 is 0 Å². The Labute approximate surface area is 118 Å². The maximum Gasteiger partial charge on any atom is 0.220 e. The van der Waals surface area contributed by atoms with Crippen LogP contribution >= 0.6 is 0 Å². The third-order valence-corrected chi connectivity index (χ3v) is 4.36. The van der Waals surface area contributed by atoms with Crippen LogP contribution in [-0.2, 0) is 4.79 Å². The zero-order valence-corrected chi connectivity index (χ0v) is 13.0. The molecule has 0 heterocycles. The standard InChI is InChI=1S/C16H32N2O/c1-12(2)9-14(11-17)10-16(19)18-13(3)15-7-5-4-6-8-15/h12-15H,4-11,17H2,1-3H3,(H,18,19)/t13-,14?/m1/s1. The third kappa shape index (κ3) is 6.42. The first kappa shape index (κ1) is 16.5. The van der Waals surface area contributed by atoms with Crippen LogP contribution in [0.25, 0.3) is 0 Å². The monoisotopic (exact) mass is 268 g/mol. The van der Waals surface area contributed by atoms with E-state index in [-0.39, 0.29) is 5.91 Å². The second kappa shape index (κ2) is 8.57. The zero-order chi connectivity index (χ0) is 14.3. The maximum atomic E-state index is 12.1. The van der Waals surface area contributed by atoms with E-state index in [0.29, 0.717) is 36.8 Å². The molecule has 0 spiro atoms. The summed E-state index contributed by atoms with van der Waals surface area (Å²) >= 11 is 0. The van der Waals surface area contributed by atoms with Gasteiger partial charge in [0, 0.05) is 12.5 Å². The Morgan fingerprint density at radius 3 is 2.37 bits per heavy atom. The summed E-state index contributed by atoms with van der Waals surface area (Å²) in [5.41, 5.74) is 5.76. The van der Waals surface area contributed by atoms with Gasteiger partial charge in [-0.3, -0.25) is 4.79 Å². The number of nitrogens with one attached hydrogen (secondary N) is 1. The second-order valence-electron chi connectivity index (χ2n) is 6.69. The Morgan fingerprint density at radius 1 is 1.21 bits per heavy atom. The number of hydrogen-bond acceptors (Lipinski definition) is 2. The van der Waals surface area contributed by atoms with E-state index in [4.69, 9.17) is 5.73 Å². The molecule has 0 bridgehead atoms. The van der Waals surface area contributed by atoms with Gasteiger partial charge in [-0.2, -0.15) is 0 Å². The number of hydrogen-bond donors (Lipinski definition) is 2. The van der Waals surface area contributed by atoms with Crippen molar-refractivity contribution in [3.63, 3.8) is 0 Å². The summed E-state index contributed by atoms with van der Waals surface area (Å²) in [6, 6.07) is 0.324. The van der Waals surface area contributed by atoms with Crippen LogP contribution in [0.2, 0.25) is 0 Å². The largest absolute Gasteiger partial charge is 0.353 e. The van der Waals surface area contributed by atoms with Crippen molar-refractivity contribution in [1.29, 1.82) is 0 Å². The summed E-state index contributed by atoms with van der Waals surface area (Å²) in [5, 5.41) is 3.19. The molecule has 0 saturated heterocycles. The molecule has 3 N–H and O–H groups in total. The van der Waals surface area contributed by atoms with E-state index in [1.165, 1.54) is 32.1 Å². The van der Waals surface area contributed by atoms with E-state index in [2.05, 4.69) is 26.1 Å². The summed E-state index contributed by atoms with van der Waals surface area (Å²) in [7, 11) is 0. The fraction of sp³-hybridized carbons (Fsp3) is 0.938. The van der Waals surface area contributed by atoms with E-state index in [1.807, 2.05) is 0 Å². The molecule has 1 rings (SSSR count). The summed E-state index contributed by atoms with van der Waals surface area (Å²) < 4.78 is 0. The highest BCUT2D eigenvalue weighted by molar-refractivity contribution is 5.76. The molecule has 0 aromatic rings. The van der Waals surface area contributed by atoms with E-state index >= 15 is 0 Å². The molecule has 1 aliphatic rings. The van der Waals surface area contributed by atoms with Gasteiger partial charge in [0.05, 0.1) is 0 Å². The van der Waals surface area contributed by atoms with Crippen LogP contribution in [0.3, 0.4) is 0 Å². The molecule has 3 nitrogen and oxygen atoms in total. The Balaban J connectivity index is 2.32. The van der Waals surface area contributed by atoms with Crippen LogP contribution in [0.15, 0.2) is 0 Å². The highest BCUT2D eigenvalue weighted by Crippen LogP contribution is 2.26. The molecule has 19 heavy (non-hydrogen) atoms. The van der Waals surface area contributed by atoms with Gasteiger partial charge in [0.1, 0.15) is 0 Å².